The van der Waals surface area contributed by atoms with Crippen molar-refractivity contribution in [1.29, 1.82) is 0 Å². The highest BCUT2D eigenvalue weighted by Crippen LogP contribution is 2.28. The molecule has 0 amide bonds. The largest absolute Gasteiger partial charge is 0.366 e. The zero-order chi connectivity index (χ0) is 13.9. The first-order valence-electron chi connectivity index (χ1n) is 6.64. The number of hydrogen-bond acceptors (Lipinski definition) is 1. The smallest absolute Gasteiger partial charge is 0.166 e. The van der Waals surface area contributed by atoms with Gasteiger partial charge in [-0.2, -0.15) is 0 Å². The van der Waals surface area contributed by atoms with Crippen LogP contribution in [0.5, 0.6) is 0 Å². The average molecular weight is 280 g/mol. The highest BCUT2D eigenvalue weighted by molar-refractivity contribution is 7.80. The molecule has 3 aromatic rings. The lowest BCUT2D eigenvalue weighted by Gasteiger charge is -2.13. The summed E-state index contributed by atoms with van der Waals surface area (Å²) >= 11 is 5.18. The minimum absolute atomic E-state index is 0.669. The molecule has 100 valence electrons. The zero-order valence-electron chi connectivity index (χ0n) is 11.3. The quantitative estimate of drug-likeness (QED) is 0.554. The van der Waals surface area contributed by atoms with Crippen molar-refractivity contribution < 1.29 is 0 Å². The first-order chi connectivity index (χ1) is 9.79. The molecule has 0 saturated carbocycles. The third-order valence-electron chi connectivity index (χ3n) is 3.54. The van der Waals surface area contributed by atoms with E-state index in [0.717, 1.165) is 6.54 Å². The molecule has 2 nitrogen and oxygen atoms in total. The van der Waals surface area contributed by atoms with Gasteiger partial charge in [0.15, 0.2) is 5.11 Å². The van der Waals surface area contributed by atoms with E-state index in [0.29, 0.717) is 5.11 Å². The Morgan fingerprint density at radius 2 is 1.50 bits per heavy atom. The fourth-order valence-electron chi connectivity index (χ4n) is 2.56. The highest BCUT2D eigenvalue weighted by Gasteiger charge is 2.07. The summed E-state index contributed by atoms with van der Waals surface area (Å²) in [7, 11) is 1.83. The fraction of sp³-hybridized carbons (Fsp3) is 0.118. The molecule has 0 bridgehead atoms. The summed E-state index contributed by atoms with van der Waals surface area (Å²) in [6, 6.07) is 19.2. The van der Waals surface area contributed by atoms with Crippen molar-refractivity contribution >= 4 is 38.9 Å². The number of nitrogens with one attached hydrogen (secondary N) is 2. The third-order valence-corrected chi connectivity index (χ3v) is 3.88. The van der Waals surface area contributed by atoms with Crippen molar-refractivity contribution in [3.05, 3.63) is 60.2 Å². The molecular formula is C17H16N2S. The summed E-state index contributed by atoms with van der Waals surface area (Å²) in [5.41, 5.74) is 1.29. The molecule has 0 aliphatic carbocycles. The van der Waals surface area contributed by atoms with Gasteiger partial charge < -0.3 is 10.6 Å². The van der Waals surface area contributed by atoms with Gasteiger partial charge in [-0.1, -0.05) is 48.5 Å². The van der Waals surface area contributed by atoms with Gasteiger partial charge >= 0.3 is 0 Å². The van der Waals surface area contributed by atoms with Crippen LogP contribution in [0, 0.1) is 0 Å². The number of benzene rings is 3. The number of fused-ring (bicyclic) bond motifs is 2. The Balaban J connectivity index is 2.20. The van der Waals surface area contributed by atoms with Gasteiger partial charge in [0.1, 0.15) is 0 Å². The van der Waals surface area contributed by atoms with Crippen LogP contribution in [0.2, 0.25) is 0 Å². The third kappa shape index (κ3) is 2.32. The number of hydrogen-bond donors (Lipinski definition) is 2. The molecular weight excluding hydrogens is 264 g/mol. The summed E-state index contributed by atoms with van der Waals surface area (Å²) in [4.78, 5) is 0. The molecule has 0 radical (unpaired) electrons. The van der Waals surface area contributed by atoms with E-state index in [2.05, 4.69) is 65.2 Å². The first kappa shape index (κ1) is 12.9. The summed E-state index contributed by atoms with van der Waals surface area (Å²) in [6.07, 6.45) is 0. The normalized spacial score (nSPS) is 10.7. The molecule has 0 saturated heterocycles. The van der Waals surface area contributed by atoms with E-state index >= 15 is 0 Å². The average Bonchev–Trinajstić information content (AvgIpc) is 2.51. The van der Waals surface area contributed by atoms with Gasteiger partial charge in [-0.15, -0.1) is 0 Å². The van der Waals surface area contributed by atoms with Crippen molar-refractivity contribution in [2.24, 2.45) is 0 Å². The molecule has 0 aliphatic rings. The van der Waals surface area contributed by atoms with Crippen LogP contribution in [0.25, 0.3) is 21.5 Å². The van der Waals surface area contributed by atoms with Gasteiger partial charge in [-0.05, 0) is 45.4 Å². The van der Waals surface area contributed by atoms with Crippen LogP contribution < -0.4 is 10.6 Å². The van der Waals surface area contributed by atoms with Crippen molar-refractivity contribution in [2.75, 3.05) is 7.05 Å². The van der Waals surface area contributed by atoms with Crippen molar-refractivity contribution in [3.63, 3.8) is 0 Å². The van der Waals surface area contributed by atoms with E-state index in [1.807, 2.05) is 7.05 Å². The summed E-state index contributed by atoms with van der Waals surface area (Å²) in [5.74, 6) is 0. The minimum atomic E-state index is 0.669. The molecule has 3 rings (SSSR count). The van der Waals surface area contributed by atoms with E-state index in [1.165, 1.54) is 27.1 Å². The van der Waals surface area contributed by atoms with E-state index in [-0.39, 0.29) is 0 Å². The summed E-state index contributed by atoms with van der Waals surface area (Å²) in [5, 5.41) is 11.9. The van der Waals surface area contributed by atoms with Gasteiger partial charge in [0.05, 0.1) is 0 Å². The van der Waals surface area contributed by atoms with Crippen LogP contribution >= 0.6 is 12.2 Å². The molecule has 2 N–H and O–H groups in total. The van der Waals surface area contributed by atoms with Gasteiger partial charge in [0.25, 0.3) is 0 Å². The monoisotopic (exact) mass is 280 g/mol. The molecule has 3 heteroatoms. The molecule has 0 fully saturated rings. The zero-order valence-corrected chi connectivity index (χ0v) is 12.1. The molecule has 3 aromatic carbocycles. The minimum Gasteiger partial charge on any atom is -0.366 e. The second-order valence-corrected chi connectivity index (χ2v) is 5.14. The highest BCUT2D eigenvalue weighted by atomic mass is 32.1. The Labute approximate surface area is 123 Å². The maximum atomic E-state index is 5.18. The SMILES string of the molecule is CNC(=S)NCc1c2ccccc2cc2ccccc12. The van der Waals surface area contributed by atoms with Crippen molar-refractivity contribution in [1.82, 2.24) is 10.6 Å². The fourth-order valence-corrected chi connectivity index (χ4v) is 2.63. The van der Waals surface area contributed by atoms with Crippen LogP contribution in [0.15, 0.2) is 54.6 Å². The Morgan fingerprint density at radius 1 is 0.950 bits per heavy atom. The Morgan fingerprint density at radius 3 is 2.05 bits per heavy atom. The maximum Gasteiger partial charge on any atom is 0.166 e. The van der Waals surface area contributed by atoms with Gasteiger partial charge in [0.2, 0.25) is 0 Å². The molecule has 0 aliphatic heterocycles. The molecule has 0 aromatic heterocycles. The number of rotatable bonds is 2. The number of thiocarbonyl (C=S) groups is 1. The summed E-state index contributed by atoms with van der Waals surface area (Å²) in [6.45, 7) is 0.724. The molecule has 20 heavy (non-hydrogen) atoms. The van der Waals surface area contributed by atoms with Crippen molar-refractivity contribution in [2.45, 2.75) is 6.54 Å². The van der Waals surface area contributed by atoms with E-state index in [4.69, 9.17) is 12.2 Å². The first-order valence-corrected chi connectivity index (χ1v) is 7.05. The Hall–Kier alpha value is -2.13. The topological polar surface area (TPSA) is 24.1 Å². The summed E-state index contributed by atoms with van der Waals surface area (Å²) < 4.78 is 0. The van der Waals surface area contributed by atoms with Gasteiger partial charge in [0, 0.05) is 13.6 Å². The van der Waals surface area contributed by atoms with Gasteiger partial charge in [-0.25, -0.2) is 0 Å². The molecule has 0 atom stereocenters. The van der Waals surface area contributed by atoms with Crippen LogP contribution in [0.1, 0.15) is 5.56 Å². The van der Waals surface area contributed by atoms with Crippen LogP contribution in [-0.4, -0.2) is 12.2 Å². The van der Waals surface area contributed by atoms with Crippen LogP contribution in [0.3, 0.4) is 0 Å². The molecule has 0 heterocycles. The Bertz CT molecular complexity index is 726. The second-order valence-electron chi connectivity index (χ2n) is 4.73. The van der Waals surface area contributed by atoms with E-state index in [1.54, 1.807) is 0 Å². The van der Waals surface area contributed by atoms with E-state index in [9.17, 15) is 0 Å². The maximum absolute atomic E-state index is 5.18. The lowest BCUT2D eigenvalue weighted by molar-refractivity contribution is 0.903. The van der Waals surface area contributed by atoms with Gasteiger partial charge in [-0.3, -0.25) is 0 Å². The standard InChI is InChI=1S/C17H16N2S/c1-18-17(20)19-11-16-14-8-4-2-6-12(14)10-13-7-3-5-9-15(13)16/h2-10H,11H2,1H3,(H2,18,19,20). The molecule has 0 spiro atoms. The molecule has 0 unspecified atom stereocenters. The van der Waals surface area contributed by atoms with Crippen LogP contribution in [0.4, 0.5) is 0 Å². The predicted molar refractivity (Wildman–Crippen MR) is 90.0 cm³/mol. The van der Waals surface area contributed by atoms with E-state index < -0.39 is 0 Å². The Kier molecular flexibility index (Phi) is 3.52. The lowest BCUT2D eigenvalue weighted by atomic mass is 9.97. The second kappa shape index (κ2) is 5.47. The van der Waals surface area contributed by atoms with Crippen LogP contribution in [-0.2, 0) is 6.54 Å². The van der Waals surface area contributed by atoms with Crippen molar-refractivity contribution in [3.8, 4) is 0 Å². The predicted octanol–water partition coefficient (Wildman–Crippen LogP) is 3.59. The lowest BCUT2D eigenvalue weighted by Crippen LogP contribution is -2.31.